The molecule has 0 spiro atoms. The Morgan fingerprint density at radius 1 is 1.03 bits per heavy atom. The van der Waals surface area contributed by atoms with Crippen LogP contribution in [0.2, 0.25) is 0 Å². The molecule has 1 aliphatic heterocycles. The molecule has 34 heavy (non-hydrogen) atoms. The predicted octanol–water partition coefficient (Wildman–Crippen LogP) is 2.31. The topological polar surface area (TPSA) is 108 Å². The average molecular weight is 523 g/mol. The molecule has 3 amide bonds. The molecule has 180 valence electrons. The van der Waals surface area contributed by atoms with Crippen molar-refractivity contribution in [1.82, 2.24) is 14.8 Å². The SMILES string of the molecule is CN(C)CCN(C(=O)CN1C(=O)c2ccccc2C1=O)c1nc2ccc(S(C)(=O)=O)cc2s1.Cl. The predicted molar refractivity (Wildman–Crippen MR) is 133 cm³/mol. The number of carbonyl (C=O) groups excluding carboxylic acids is 3. The van der Waals surface area contributed by atoms with Crippen LogP contribution in [0.15, 0.2) is 47.4 Å². The van der Waals surface area contributed by atoms with Crippen LogP contribution in [0.1, 0.15) is 20.7 Å². The van der Waals surface area contributed by atoms with Crippen molar-refractivity contribution in [2.45, 2.75) is 4.90 Å². The highest BCUT2D eigenvalue weighted by atomic mass is 35.5. The standard InChI is InChI=1S/C22H22N4O5S2.ClH/c1-24(2)10-11-25(22-23-17-9-8-14(33(3,30)31)12-18(17)32-22)19(27)13-26-20(28)15-6-4-5-7-16(15)21(26)29;/h4-9,12H,10-11,13H2,1-3H3;1H. The number of hydrogen-bond acceptors (Lipinski definition) is 8. The molecule has 0 bridgehead atoms. The molecule has 0 unspecified atom stereocenters. The number of sulfone groups is 1. The summed E-state index contributed by atoms with van der Waals surface area (Å²) in [4.78, 5) is 47.6. The van der Waals surface area contributed by atoms with E-state index < -0.39 is 34.1 Å². The van der Waals surface area contributed by atoms with Crippen LogP contribution < -0.4 is 4.90 Å². The third-order valence-corrected chi connectivity index (χ3v) is 7.40. The third-order valence-electron chi connectivity index (χ3n) is 5.25. The van der Waals surface area contributed by atoms with Crippen LogP contribution in [0.4, 0.5) is 5.13 Å². The highest BCUT2D eigenvalue weighted by molar-refractivity contribution is 7.90. The number of likely N-dealkylation sites (N-methyl/N-ethyl adjacent to an activating group) is 1. The number of imide groups is 1. The second kappa shape index (κ2) is 9.79. The fourth-order valence-electron chi connectivity index (χ4n) is 3.47. The Morgan fingerprint density at radius 3 is 2.21 bits per heavy atom. The van der Waals surface area contributed by atoms with E-state index in [1.165, 1.54) is 28.4 Å². The highest BCUT2D eigenvalue weighted by Gasteiger charge is 2.37. The van der Waals surface area contributed by atoms with Crippen LogP contribution in [-0.2, 0) is 14.6 Å². The van der Waals surface area contributed by atoms with Gasteiger partial charge in [0, 0.05) is 19.3 Å². The van der Waals surface area contributed by atoms with E-state index in [0.29, 0.717) is 21.9 Å². The molecule has 3 aromatic rings. The minimum Gasteiger partial charge on any atom is -0.308 e. The number of carbonyl (C=O) groups is 3. The van der Waals surface area contributed by atoms with Crippen molar-refractivity contribution in [2.24, 2.45) is 0 Å². The lowest BCUT2D eigenvalue weighted by Gasteiger charge is -2.24. The minimum absolute atomic E-state index is 0. The van der Waals surface area contributed by atoms with Gasteiger partial charge in [-0.15, -0.1) is 12.4 Å². The lowest BCUT2D eigenvalue weighted by molar-refractivity contribution is -0.119. The van der Waals surface area contributed by atoms with Gasteiger partial charge in [0.25, 0.3) is 11.8 Å². The summed E-state index contributed by atoms with van der Waals surface area (Å²) in [5.41, 5.74) is 1.12. The molecule has 0 radical (unpaired) electrons. The summed E-state index contributed by atoms with van der Waals surface area (Å²) in [6.07, 6.45) is 1.13. The van der Waals surface area contributed by atoms with Gasteiger partial charge in [0.15, 0.2) is 15.0 Å². The molecule has 1 aromatic heterocycles. The lowest BCUT2D eigenvalue weighted by Crippen LogP contribution is -2.45. The number of amides is 3. The van der Waals surface area contributed by atoms with E-state index in [2.05, 4.69) is 4.98 Å². The Labute approximate surface area is 207 Å². The molecule has 12 heteroatoms. The first-order chi connectivity index (χ1) is 15.6. The maximum atomic E-state index is 13.3. The number of halogens is 1. The van der Waals surface area contributed by atoms with Crippen LogP contribution in [-0.4, -0.2) is 80.9 Å². The van der Waals surface area contributed by atoms with Crippen LogP contribution in [0.5, 0.6) is 0 Å². The number of benzene rings is 2. The van der Waals surface area contributed by atoms with E-state index in [4.69, 9.17) is 0 Å². The van der Waals surface area contributed by atoms with Crippen LogP contribution >= 0.6 is 23.7 Å². The Hall–Kier alpha value is -2.86. The smallest absolute Gasteiger partial charge is 0.262 e. The summed E-state index contributed by atoms with van der Waals surface area (Å²) in [5, 5.41) is 0.374. The zero-order valence-electron chi connectivity index (χ0n) is 18.7. The van der Waals surface area contributed by atoms with Crippen LogP contribution in [0.25, 0.3) is 10.2 Å². The summed E-state index contributed by atoms with van der Waals surface area (Å²) < 4.78 is 24.4. The number of fused-ring (bicyclic) bond motifs is 2. The van der Waals surface area contributed by atoms with Gasteiger partial charge in [-0.3, -0.25) is 24.2 Å². The lowest BCUT2D eigenvalue weighted by atomic mass is 10.1. The maximum Gasteiger partial charge on any atom is 0.262 e. The summed E-state index contributed by atoms with van der Waals surface area (Å²) >= 11 is 1.19. The number of anilines is 1. The number of hydrogen-bond donors (Lipinski definition) is 0. The van der Waals surface area contributed by atoms with Gasteiger partial charge < -0.3 is 4.90 Å². The molecule has 1 aliphatic rings. The molecule has 0 fully saturated rings. The summed E-state index contributed by atoms with van der Waals surface area (Å²) in [5.74, 6) is -1.45. The number of thiazole rings is 1. The average Bonchev–Trinajstić information content (AvgIpc) is 3.27. The van der Waals surface area contributed by atoms with Crippen molar-refractivity contribution in [2.75, 3.05) is 44.9 Å². The molecule has 0 atom stereocenters. The highest BCUT2D eigenvalue weighted by Crippen LogP contribution is 2.31. The minimum atomic E-state index is -3.39. The first-order valence-electron chi connectivity index (χ1n) is 10.1. The summed E-state index contributed by atoms with van der Waals surface area (Å²) in [7, 11) is 0.342. The van der Waals surface area contributed by atoms with Gasteiger partial charge in [-0.05, 0) is 44.4 Å². The van der Waals surface area contributed by atoms with E-state index >= 15 is 0 Å². The zero-order chi connectivity index (χ0) is 23.9. The third kappa shape index (κ3) is 4.97. The second-order valence-corrected chi connectivity index (χ2v) is 11.0. The molecule has 0 saturated heterocycles. The van der Waals surface area contributed by atoms with Crippen LogP contribution in [0, 0.1) is 0 Å². The van der Waals surface area contributed by atoms with Crippen molar-refractivity contribution in [3.63, 3.8) is 0 Å². The van der Waals surface area contributed by atoms with Gasteiger partial charge >= 0.3 is 0 Å². The van der Waals surface area contributed by atoms with Gasteiger partial charge in [-0.25, -0.2) is 13.4 Å². The van der Waals surface area contributed by atoms with Crippen molar-refractivity contribution >= 4 is 66.7 Å². The van der Waals surface area contributed by atoms with Gasteiger partial charge in [-0.2, -0.15) is 0 Å². The zero-order valence-corrected chi connectivity index (χ0v) is 21.2. The van der Waals surface area contributed by atoms with Gasteiger partial charge in [0.1, 0.15) is 6.54 Å². The molecule has 2 heterocycles. The van der Waals surface area contributed by atoms with Crippen molar-refractivity contribution < 1.29 is 22.8 Å². The quantitative estimate of drug-likeness (QED) is 0.438. The Balaban J connectivity index is 0.00000324. The van der Waals surface area contributed by atoms with Crippen LogP contribution in [0.3, 0.4) is 0 Å². The number of aromatic nitrogens is 1. The van der Waals surface area contributed by atoms with E-state index in [-0.39, 0.29) is 35.0 Å². The first-order valence-corrected chi connectivity index (χ1v) is 12.8. The monoisotopic (exact) mass is 522 g/mol. The van der Waals surface area contributed by atoms with Crippen molar-refractivity contribution in [3.8, 4) is 0 Å². The van der Waals surface area contributed by atoms with Crippen molar-refractivity contribution in [3.05, 3.63) is 53.6 Å². The molecule has 0 N–H and O–H groups in total. The molecule has 0 aliphatic carbocycles. The van der Waals surface area contributed by atoms with E-state index in [9.17, 15) is 22.8 Å². The largest absolute Gasteiger partial charge is 0.308 e. The number of nitrogens with zero attached hydrogens (tertiary/aromatic N) is 4. The Bertz CT molecular complexity index is 1350. The molecule has 2 aromatic carbocycles. The van der Waals surface area contributed by atoms with E-state index in [1.54, 1.807) is 30.3 Å². The number of rotatable bonds is 7. The van der Waals surface area contributed by atoms with E-state index in [0.717, 1.165) is 11.2 Å². The Kier molecular flexibility index (Phi) is 7.41. The van der Waals surface area contributed by atoms with Gasteiger partial charge in [0.05, 0.1) is 26.2 Å². The fourth-order valence-corrected chi connectivity index (χ4v) is 5.24. The second-order valence-electron chi connectivity index (χ2n) is 7.99. The van der Waals surface area contributed by atoms with Gasteiger partial charge in [0.2, 0.25) is 5.91 Å². The summed E-state index contributed by atoms with van der Waals surface area (Å²) in [6, 6.07) is 11.1. The first kappa shape index (κ1) is 25.8. The van der Waals surface area contributed by atoms with Crippen molar-refractivity contribution in [1.29, 1.82) is 0 Å². The Morgan fingerprint density at radius 2 is 1.65 bits per heavy atom. The van der Waals surface area contributed by atoms with E-state index in [1.807, 2.05) is 19.0 Å². The summed E-state index contributed by atoms with van der Waals surface area (Å²) in [6.45, 7) is 0.399. The molecular formula is C22H23ClN4O5S2. The molecule has 9 nitrogen and oxygen atoms in total. The molecule has 0 saturated carbocycles. The fraction of sp³-hybridized carbons (Fsp3) is 0.273. The normalized spacial score (nSPS) is 13.4. The maximum absolute atomic E-state index is 13.3. The molecular weight excluding hydrogens is 500 g/mol. The van der Waals surface area contributed by atoms with Gasteiger partial charge in [-0.1, -0.05) is 23.5 Å². The molecule has 4 rings (SSSR count).